The fraction of sp³-hybridized carbons (Fsp3) is 0.857. The lowest BCUT2D eigenvalue weighted by molar-refractivity contribution is 0.185. The minimum absolute atomic E-state index is 0.0302. The highest BCUT2D eigenvalue weighted by Crippen LogP contribution is 2.21. The Kier molecular flexibility index (Phi) is 3.40. The molecule has 0 aliphatic heterocycles. The van der Waals surface area contributed by atoms with Crippen molar-refractivity contribution in [2.45, 2.75) is 37.8 Å². The van der Waals surface area contributed by atoms with Crippen LogP contribution in [-0.4, -0.2) is 23.3 Å². The summed E-state index contributed by atoms with van der Waals surface area (Å²) in [4.78, 5) is 13.0. The average Bonchev–Trinajstić information content (AvgIpc) is 2.08. The van der Waals surface area contributed by atoms with E-state index in [1.54, 1.807) is 0 Å². The second kappa shape index (κ2) is 4.57. The molecule has 6 nitrogen and oxygen atoms in total. The molecule has 0 atom stereocenters. The van der Waals surface area contributed by atoms with E-state index in [0.29, 0.717) is 0 Å². The van der Waals surface area contributed by atoms with Gasteiger partial charge in [0.1, 0.15) is 0 Å². The molecule has 0 radical (unpaired) electrons. The number of rotatable bonds is 2. The van der Waals surface area contributed by atoms with Gasteiger partial charge in [0.15, 0.2) is 0 Å². The maximum Gasteiger partial charge on any atom is 0.404 e. The molecule has 0 unspecified atom stereocenters. The maximum absolute atomic E-state index is 10.3. The lowest BCUT2D eigenvalue weighted by atomic mass is 9.92. The first-order valence-corrected chi connectivity index (χ1v) is 4.26. The second-order valence-electron chi connectivity index (χ2n) is 3.16. The van der Waals surface area contributed by atoms with Crippen molar-refractivity contribution in [1.29, 1.82) is 0 Å². The van der Waals surface area contributed by atoms with Crippen LogP contribution in [0.2, 0.25) is 0 Å². The van der Waals surface area contributed by atoms with Crippen molar-refractivity contribution in [1.82, 2.24) is 5.32 Å². The molecule has 1 amide bonds. The van der Waals surface area contributed by atoms with E-state index in [1.165, 1.54) is 0 Å². The Hall–Kier alpha value is -1.42. The van der Waals surface area contributed by atoms with Crippen molar-refractivity contribution >= 4 is 6.09 Å². The molecule has 1 rings (SSSR count). The number of hydrogen-bond donors (Lipinski definition) is 2. The first-order valence-electron chi connectivity index (χ1n) is 4.26. The largest absolute Gasteiger partial charge is 0.465 e. The minimum atomic E-state index is -0.979. The SMILES string of the molecule is [N-]=[N+]=N[C@H]1CC[C@H](NC(=O)O)CC1. The Balaban J connectivity index is 2.30. The van der Waals surface area contributed by atoms with Gasteiger partial charge in [-0.15, -0.1) is 0 Å². The molecule has 13 heavy (non-hydrogen) atoms. The smallest absolute Gasteiger partial charge is 0.404 e. The fourth-order valence-electron chi connectivity index (χ4n) is 1.58. The van der Waals surface area contributed by atoms with Gasteiger partial charge in [0.25, 0.3) is 0 Å². The van der Waals surface area contributed by atoms with Crippen LogP contribution < -0.4 is 5.32 Å². The van der Waals surface area contributed by atoms with E-state index in [1.807, 2.05) is 0 Å². The molecule has 6 heteroatoms. The summed E-state index contributed by atoms with van der Waals surface area (Å²) in [6.45, 7) is 0. The number of carboxylic acid groups (broad SMARTS) is 1. The second-order valence-corrected chi connectivity index (χ2v) is 3.16. The van der Waals surface area contributed by atoms with Gasteiger partial charge in [-0.2, -0.15) is 0 Å². The summed E-state index contributed by atoms with van der Waals surface area (Å²) in [6, 6.07) is 0.0829. The lowest BCUT2D eigenvalue weighted by Gasteiger charge is -2.25. The number of nitrogens with one attached hydrogen (secondary N) is 1. The van der Waals surface area contributed by atoms with Crippen molar-refractivity contribution in [3.05, 3.63) is 10.4 Å². The molecule has 0 aromatic carbocycles. The van der Waals surface area contributed by atoms with Gasteiger partial charge in [-0.05, 0) is 31.2 Å². The number of nitrogens with zero attached hydrogens (tertiary/aromatic N) is 3. The number of carbonyl (C=O) groups is 1. The van der Waals surface area contributed by atoms with Gasteiger partial charge in [0, 0.05) is 17.0 Å². The highest BCUT2D eigenvalue weighted by Gasteiger charge is 2.20. The normalized spacial score (nSPS) is 27.4. The zero-order valence-electron chi connectivity index (χ0n) is 7.18. The van der Waals surface area contributed by atoms with Crippen molar-refractivity contribution in [3.8, 4) is 0 Å². The quantitative estimate of drug-likeness (QED) is 0.389. The van der Waals surface area contributed by atoms with Crippen molar-refractivity contribution in [2.75, 3.05) is 0 Å². The molecule has 72 valence electrons. The van der Waals surface area contributed by atoms with Crippen LogP contribution in [0.1, 0.15) is 25.7 Å². The standard InChI is InChI=1S/C7H12N4O2/c8-11-10-6-3-1-5(2-4-6)9-7(12)13/h5-6,9H,1-4H2,(H,12,13)/t5-,6-. The highest BCUT2D eigenvalue weighted by molar-refractivity contribution is 5.64. The molecule has 1 aliphatic carbocycles. The minimum Gasteiger partial charge on any atom is -0.465 e. The van der Waals surface area contributed by atoms with Crippen LogP contribution in [0, 0.1) is 0 Å². The molecule has 0 aromatic heterocycles. The molecular weight excluding hydrogens is 172 g/mol. The van der Waals surface area contributed by atoms with Gasteiger partial charge in [0.05, 0.1) is 0 Å². The van der Waals surface area contributed by atoms with Crippen molar-refractivity contribution in [2.24, 2.45) is 5.11 Å². The highest BCUT2D eigenvalue weighted by atomic mass is 16.4. The lowest BCUT2D eigenvalue weighted by Crippen LogP contribution is -2.37. The third-order valence-electron chi connectivity index (χ3n) is 2.24. The molecule has 0 heterocycles. The third kappa shape index (κ3) is 3.21. The van der Waals surface area contributed by atoms with Crippen LogP contribution in [0.25, 0.3) is 10.4 Å². The van der Waals surface area contributed by atoms with Gasteiger partial charge in [-0.1, -0.05) is 5.11 Å². The summed E-state index contributed by atoms with van der Waals surface area (Å²) < 4.78 is 0. The molecule has 0 saturated heterocycles. The van der Waals surface area contributed by atoms with Gasteiger partial charge >= 0.3 is 6.09 Å². The molecule has 1 aliphatic rings. The van der Waals surface area contributed by atoms with Crippen LogP contribution in [0.3, 0.4) is 0 Å². The third-order valence-corrected chi connectivity index (χ3v) is 2.24. The summed E-state index contributed by atoms with van der Waals surface area (Å²) in [7, 11) is 0. The summed E-state index contributed by atoms with van der Waals surface area (Å²) in [5, 5.41) is 14.5. The summed E-state index contributed by atoms with van der Waals surface area (Å²) >= 11 is 0. The zero-order valence-corrected chi connectivity index (χ0v) is 7.18. The van der Waals surface area contributed by atoms with Gasteiger partial charge in [0.2, 0.25) is 0 Å². The molecule has 0 aromatic rings. The van der Waals surface area contributed by atoms with Gasteiger partial charge in [-0.25, -0.2) is 4.79 Å². The monoisotopic (exact) mass is 184 g/mol. The molecule has 1 fully saturated rings. The van der Waals surface area contributed by atoms with Crippen molar-refractivity contribution in [3.63, 3.8) is 0 Å². The Morgan fingerprint density at radius 3 is 2.54 bits per heavy atom. The van der Waals surface area contributed by atoms with Crippen molar-refractivity contribution < 1.29 is 9.90 Å². The van der Waals surface area contributed by atoms with E-state index < -0.39 is 6.09 Å². The Morgan fingerprint density at radius 2 is 2.08 bits per heavy atom. The molecule has 2 N–H and O–H groups in total. The number of hydrogen-bond acceptors (Lipinski definition) is 2. The summed E-state index contributed by atoms with van der Waals surface area (Å²) in [6.07, 6.45) is 2.09. The Bertz CT molecular complexity index is 229. The first-order chi connectivity index (χ1) is 6.22. The van der Waals surface area contributed by atoms with Crippen LogP contribution >= 0.6 is 0 Å². The molecule has 0 spiro atoms. The fourth-order valence-corrected chi connectivity index (χ4v) is 1.58. The van der Waals surface area contributed by atoms with Gasteiger partial charge < -0.3 is 10.4 Å². The van der Waals surface area contributed by atoms with E-state index in [2.05, 4.69) is 15.3 Å². The predicted octanol–water partition coefficient (Wildman–Crippen LogP) is 1.88. The topological polar surface area (TPSA) is 98.1 Å². The number of azide groups is 1. The Morgan fingerprint density at radius 1 is 1.46 bits per heavy atom. The summed E-state index contributed by atoms with van der Waals surface area (Å²) in [5.41, 5.74) is 8.18. The van der Waals surface area contributed by atoms with Gasteiger partial charge in [-0.3, -0.25) is 0 Å². The summed E-state index contributed by atoms with van der Waals surface area (Å²) in [5.74, 6) is 0. The molecule has 1 saturated carbocycles. The predicted molar refractivity (Wildman–Crippen MR) is 46.4 cm³/mol. The number of amides is 1. The van der Waals surface area contributed by atoms with E-state index >= 15 is 0 Å². The van der Waals surface area contributed by atoms with Crippen LogP contribution in [0.4, 0.5) is 4.79 Å². The van der Waals surface area contributed by atoms with E-state index in [0.717, 1.165) is 25.7 Å². The maximum atomic E-state index is 10.3. The van der Waals surface area contributed by atoms with E-state index in [4.69, 9.17) is 10.6 Å². The molecular formula is C7H12N4O2. The van der Waals surface area contributed by atoms with E-state index in [9.17, 15) is 4.79 Å². The average molecular weight is 184 g/mol. The first kappa shape index (κ1) is 9.67. The zero-order chi connectivity index (χ0) is 9.68. The van der Waals surface area contributed by atoms with E-state index in [-0.39, 0.29) is 12.1 Å². The van der Waals surface area contributed by atoms with Crippen LogP contribution in [0.5, 0.6) is 0 Å². The van der Waals surface area contributed by atoms with Crippen LogP contribution in [-0.2, 0) is 0 Å². The Labute approximate surface area is 75.6 Å². The van der Waals surface area contributed by atoms with Crippen LogP contribution in [0.15, 0.2) is 5.11 Å². The molecule has 0 bridgehead atoms.